The molecule has 1 fully saturated rings. The molecule has 0 saturated carbocycles. The molecule has 2 N–H and O–H groups in total. The van der Waals surface area contributed by atoms with E-state index in [4.69, 9.17) is 27.3 Å². The Morgan fingerprint density at radius 1 is 0.933 bits per heavy atom. The maximum atomic E-state index is 8.73. The number of benzene rings is 3. The third kappa shape index (κ3) is 6.67. The third-order valence-electron chi connectivity index (χ3n) is 4.66. The van der Waals surface area contributed by atoms with Crippen LogP contribution >= 0.6 is 24.0 Å². The van der Waals surface area contributed by atoms with Crippen LogP contribution in [0.25, 0.3) is 0 Å². The van der Waals surface area contributed by atoms with Gasteiger partial charge in [-0.15, -0.1) is 12.4 Å². The lowest BCUT2D eigenvalue weighted by Gasteiger charge is -2.17. The lowest BCUT2D eigenvalue weighted by Crippen LogP contribution is -2.17. The van der Waals surface area contributed by atoms with Gasteiger partial charge in [0, 0.05) is 25.3 Å². The zero-order valence-corrected chi connectivity index (χ0v) is 18.2. The monoisotopic (exact) mass is 441 g/mol. The molecule has 6 heteroatoms. The summed E-state index contributed by atoms with van der Waals surface area (Å²) < 4.78 is 5.67. The zero-order chi connectivity index (χ0) is 20.5. The Hall–Kier alpha value is -2.71. The molecular formula is C24H25Cl2N3O. The molecule has 0 amide bonds. The molecule has 0 unspecified atom stereocenters. The van der Waals surface area contributed by atoms with Crippen molar-refractivity contribution in [3.05, 3.63) is 88.9 Å². The zero-order valence-electron chi connectivity index (χ0n) is 16.6. The number of hydrogen-bond acceptors (Lipinski definition) is 4. The van der Waals surface area contributed by atoms with Crippen molar-refractivity contribution in [1.82, 2.24) is 0 Å². The molecule has 30 heavy (non-hydrogen) atoms. The number of halogens is 2. The number of para-hydroxylation sites is 1. The van der Waals surface area contributed by atoms with E-state index in [1.807, 2.05) is 66.7 Å². The van der Waals surface area contributed by atoms with Crippen molar-refractivity contribution in [3.8, 4) is 17.6 Å². The predicted octanol–water partition coefficient (Wildman–Crippen LogP) is 6.17. The molecule has 1 saturated heterocycles. The van der Waals surface area contributed by atoms with Crippen molar-refractivity contribution in [2.24, 2.45) is 5.73 Å². The van der Waals surface area contributed by atoms with Crippen LogP contribution in [0, 0.1) is 11.3 Å². The molecule has 156 valence electrons. The summed E-state index contributed by atoms with van der Waals surface area (Å²) in [5.74, 6) is 1.66. The maximum absolute atomic E-state index is 8.73. The second-order valence-corrected chi connectivity index (χ2v) is 7.14. The molecule has 0 spiro atoms. The van der Waals surface area contributed by atoms with E-state index in [-0.39, 0.29) is 12.4 Å². The van der Waals surface area contributed by atoms with Crippen molar-refractivity contribution >= 4 is 29.7 Å². The number of nitrogens with zero attached hydrogens (tertiary/aromatic N) is 2. The van der Waals surface area contributed by atoms with Crippen LogP contribution in [0.5, 0.6) is 11.5 Å². The number of nitriles is 1. The van der Waals surface area contributed by atoms with Crippen molar-refractivity contribution in [1.29, 1.82) is 5.26 Å². The molecular weight excluding hydrogens is 417 g/mol. The van der Waals surface area contributed by atoms with Crippen molar-refractivity contribution in [2.75, 3.05) is 18.0 Å². The summed E-state index contributed by atoms with van der Waals surface area (Å²) in [5, 5.41) is 9.28. The van der Waals surface area contributed by atoms with Gasteiger partial charge in [-0.1, -0.05) is 41.9 Å². The van der Waals surface area contributed by atoms with Gasteiger partial charge in [-0.2, -0.15) is 5.26 Å². The van der Waals surface area contributed by atoms with Gasteiger partial charge in [0.2, 0.25) is 0 Å². The van der Waals surface area contributed by atoms with Crippen LogP contribution in [-0.2, 0) is 6.54 Å². The minimum absolute atomic E-state index is 0. The van der Waals surface area contributed by atoms with Gasteiger partial charge < -0.3 is 15.4 Å². The summed E-state index contributed by atoms with van der Waals surface area (Å²) in [6.45, 7) is 2.73. The molecule has 3 aromatic carbocycles. The standard InChI is InChI=1S/C13H13NO.C11H11ClN2.ClH/c14-10-11-5-4-8-13(9-11)15-12-6-2-1-3-7-12;12-11-7-10(4-3-9(11)8-13)14-5-1-2-6-14;/h1-9H,10,14H2;3-4,7H,1-2,5-6H2;1H. The highest BCUT2D eigenvalue weighted by molar-refractivity contribution is 6.32. The van der Waals surface area contributed by atoms with Crippen molar-refractivity contribution in [3.63, 3.8) is 0 Å². The number of ether oxygens (including phenoxy) is 1. The number of hydrogen-bond donors (Lipinski definition) is 1. The fourth-order valence-electron chi connectivity index (χ4n) is 3.13. The lowest BCUT2D eigenvalue weighted by atomic mass is 10.2. The Bertz CT molecular complexity index is 968. The summed E-state index contributed by atoms with van der Waals surface area (Å²) in [5.41, 5.74) is 8.31. The van der Waals surface area contributed by atoms with E-state index in [2.05, 4.69) is 11.0 Å². The topological polar surface area (TPSA) is 62.3 Å². The van der Waals surface area contributed by atoms with Crippen LogP contribution < -0.4 is 15.4 Å². The minimum atomic E-state index is 0. The Balaban J connectivity index is 0.000000207. The maximum Gasteiger partial charge on any atom is 0.127 e. The van der Waals surface area contributed by atoms with Crippen LogP contribution in [0.15, 0.2) is 72.8 Å². The van der Waals surface area contributed by atoms with E-state index in [0.717, 1.165) is 35.8 Å². The van der Waals surface area contributed by atoms with Crippen LogP contribution in [-0.4, -0.2) is 13.1 Å². The van der Waals surface area contributed by atoms with Crippen molar-refractivity contribution < 1.29 is 4.74 Å². The number of rotatable bonds is 4. The summed E-state index contributed by atoms with van der Waals surface area (Å²) in [7, 11) is 0. The Labute approximate surface area is 189 Å². The molecule has 0 bridgehead atoms. The molecule has 4 rings (SSSR count). The van der Waals surface area contributed by atoms with Gasteiger partial charge in [-0.05, 0) is 60.9 Å². The Morgan fingerprint density at radius 3 is 2.27 bits per heavy atom. The molecule has 1 aliphatic heterocycles. The molecule has 0 atom stereocenters. The Kier molecular flexibility index (Phi) is 9.50. The summed E-state index contributed by atoms with van der Waals surface area (Å²) in [6.07, 6.45) is 2.50. The molecule has 4 nitrogen and oxygen atoms in total. The highest BCUT2D eigenvalue weighted by Gasteiger charge is 2.13. The predicted molar refractivity (Wildman–Crippen MR) is 126 cm³/mol. The van der Waals surface area contributed by atoms with Gasteiger partial charge in [0.15, 0.2) is 0 Å². The van der Waals surface area contributed by atoms with Gasteiger partial charge in [0.05, 0.1) is 10.6 Å². The molecule has 0 radical (unpaired) electrons. The molecule has 3 aromatic rings. The first-order valence-electron chi connectivity index (χ1n) is 9.66. The number of anilines is 1. The largest absolute Gasteiger partial charge is 0.457 e. The van der Waals surface area contributed by atoms with Crippen LogP contribution in [0.2, 0.25) is 5.02 Å². The second-order valence-electron chi connectivity index (χ2n) is 6.74. The van der Waals surface area contributed by atoms with Crippen LogP contribution in [0.1, 0.15) is 24.0 Å². The van der Waals surface area contributed by atoms with E-state index >= 15 is 0 Å². The fraction of sp³-hybridized carbons (Fsp3) is 0.208. The van der Waals surface area contributed by atoms with Gasteiger partial charge in [-0.25, -0.2) is 0 Å². The average Bonchev–Trinajstić information content (AvgIpc) is 3.30. The highest BCUT2D eigenvalue weighted by atomic mass is 35.5. The molecule has 1 heterocycles. The average molecular weight is 442 g/mol. The van der Waals surface area contributed by atoms with E-state index in [1.54, 1.807) is 6.07 Å². The summed E-state index contributed by atoms with van der Waals surface area (Å²) in [4.78, 5) is 2.30. The van der Waals surface area contributed by atoms with Gasteiger partial charge in [-0.3, -0.25) is 0 Å². The lowest BCUT2D eigenvalue weighted by molar-refractivity contribution is 0.482. The summed E-state index contributed by atoms with van der Waals surface area (Å²) >= 11 is 5.96. The van der Waals surface area contributed by atoms with E-state index in [0.29, 0.717) is 17.1 Å². The number of nitrogens with two attached hydrogens (primary N) is 1. The van der Waals surface area contributed by atoms with Crippen LogP contribution in [0.3, 0.4) is 0 Å². The van der Waals surface area contributed by atoms with Gasteiger partial charge >= 0.3 is 0 Å². The van der Waals surface area contributed by atoms with Crippen LogP contribution in [0.4, 0.5) is 5.69 Å². The molecule has 1 aliphatic rings. The normalized spacial score (nSPS) is 12.2. The molecule has 0 aliphatic carbocycles. The quantitative estimate of drug-likeness (QED) is 0.525. The smallest absolute Gasteiger partial charge is 0.127 e. The van der Waals surface area contributed by atoms with E-state index < -0.39 is 0 Å². The molecule has 0 aromatic heterocycles. The van der Waals surface area contributed by atoms with E-state index in [9.17, 15) is 0 Å². The van der Waals surface area contributed by atoms with Gasteiger partial charge in [0.25, 0.3) is 0 Å². The first kappa shape index (κ1) is 23.6. The highest BCUT2D eigenvalue weighted by Crippen LogP contribution is 2.25. The first-order valence-corrected chi connectivity index (χ1v) is 10.0. The Morgan fingerprint density at radius 2 is 1.63 bits per heavy atom. The SMILES string of the molecule is Cl.N#Cc1ccc(N2CCCC2)cc1Cl.NCc1cccc(Oc2ccccc2)c1. The van der Waals surface area contributed by atoms with Gasteiger partial charge in [0.1, 0.15) is 17.6 Å². The van der Waals surface area contributed by atoms with Crippen molar-refractivity contribution in [2.45, 2.75) is 19.4 Å². The van der Waals surface area contributed by atoms with E-state index in [1.165, 1.54) is 12.8 Å². The second kappa shape index (κ2) is 12.1. The fourth-order valence-corrected chi connectivity index (χ4v) is 3.34. The minimum Gasteiger partial charge on any atom is -0.457 e. The first-order chi connectivity index (χ1) is 14.2. The third-order valence-corrected chi connectivity index (χ3v) is 4.97. The summed E-state index contributed by atoms with van der Waals surface area (Å²) in [6, 6.07) is 25.2.